The van der Waals surface area contributed by atoms with Crippen molar-refractivity contribution in [1.29, 1.82) is 0 Å². The molecule has 0 aromatic heterocycles. The van der Waals surface area contributed by atoms with Crippen molar-refractivity contribution in [2.75, 3.05) is 0 Å². The summed E-state index contributed by atoms with van der Waals surface area (Å²) in [6.45, 7) is 13.3. The number of hydrogen-bond acceptors (Lipinski definition) is 2. The largest absolute Gasteiger partial charge is 0.407 e. The van der Waals surface area contributed by atoms with Crippen molar-refractivity contribution in [2.45, 2.75) is 104 Å². The Morgan fingerprint density at radius 2 is 1.88 bits per heavy atom. The molecule has 2 fully saturated rings. The summed E-state index contributed by atoms with van der Waals surface area (Å²) in [5.74, 6) is -1.68. The number of halogens is 2. The van der Waals surface area contributed by atoms with E-state index in [1.807, 2.05) is 19.6 Å². The standard InChI is InChI=1S/C21H38F2O2Si/c1-15(12-14-21(22,23)19(2,3)25-26(5,6)7)16-10-11-17-18(24)9-8-13-20(16,17)4/h15-17H,8-14H2,1-7H3/t15?,16-,17+,20-/m1/s1. The van der Waals surface area contributed by atoms with Crippen LogP contribution < -0.4 is 0 Å². The number of hydrogen-bond donors (Lipinski definition) is 0. The van der Waals surface area contributed by atoms with Crippen molar-refractivity contribution in [3.63, 3.8) is 0 Å². The van der Waals surface area contributed by atoms with Gasteiger partial charge in [0.2, 0.25) is 0 Å². The number of alkyl halides is 2. The summed E-state index contributed by atoms with van der Waals surface area (Å²) in [6.07, 6.45) is 5.05. The lowest BCUT2D eigenvalue weighted by Gasteiger charge is -2.43. The van der Waals surface area contributed by atoms with Gasteiger partial charge >= 0.3 is 0 Å². The van der Waals surface area contributed by atoms with Crippen molar-refractivity contribution in [3.8, 4) is 0 Å². The minimum absolute atomic E-state index is 0.0222. The Labute approximate surface area is 159 Å². The van der Waals surface area contributed by atoms with Crippen molar-refractivity contribution in [3.05, 3.63) is 0 Å². The third-order valence-electron chi connectivity index (χ3n) is 6.98. The second kappa shape index (κ2) is 7.27. The van der Waals surface area contributed by atoms with Crippen LogP contribution in [0.15, 0.2) is 0 Å². The molecule has 1 unspecified atom stereocenters. The number of Topliss-reactive ketones (excluding diaryl/α,β-unsaturated/α-hetero) is 1. The fourth-order valence-corrected chi connectivity index (χ4v) is 7.34. The predicted octanol–water partition coefficient (Wildman–Crippen LogP) is 6.45. The minimum atomic E-state index is -2.84. The summed E-state index contributed by atoms with van der Waals surface area (Å²) in [6, 6.07) is 0. The molecule has 0 saturated heterocycles. The summed E-state index contributed by atoms with van der Waals surface area (Å²) < 4.78 is 35.6. The molecule has 0 aromatic rings. The van der Waals surface area contributed by atoms with Crippen LogP contribution in [0.25, 0.3) is 0 Å². The Balaban J connectivity index is 2.01. The van der Waals surface area contributed by atoms with Gasteiger partial charge in [-0.05, 0) is 82.8 Å². The van der Waals surface area contributed by atoms with Crippen molar-refractivity contribution in [1.82, 2.24) is 0 Å². The van der Waals surface area contributed by atoms with Gasteiger partial charge in [-0.15, -0.1) is 0 Å². The Bertz CT molecular complexity index is 527. The van der Waals surface area contributed by atoms with E-state index in [9.17, 15) is 13.6 Å². The van der Waals surface area contributed by atoms with E-state index in [4.69, 9.17) is 4.43 Å². The first-order chi connectivity index (χ1) is 11.7. The zero-order chi connectivity index (χ0) is 20.0. The molecule has 2 saturated carbocycles. The molecule has 0 bridgehead atoms. The third kappa shape index (κ3) is 4.40. The predicted molar refractivity (Wildman–Crippen MR) is 105 cm³/mol. The monoisotopic (exact) mass is 388 g/mol. The highest BCUT2D eigenvalue weighted by molar-refractivity contribution is 6.69. The lowest BCUT2D eigenvalue weighted by molar-refractivity contribution is -0.158. The molecule has 0 radical (unpaired) electrons. The Kier molecular flexibility index (Phi) is 6.15. The molecule has 0 spiro atoms. The first-order valence-corrected chi connectivity index (χ1v) is 13.7. The van der Waals surface area contributed by atoms with Gasteiger partial charge < -0.3 is 4.43 Å². The highest BCUT2D eigenvalue weighted by Gasteiger charge is 2.53. The summed E-state index contributed by atoms with van der Waals surface area (Å²) in [5, 5.41) is 0. The molecule has 0 aliphatic heterocycles. The van der Waals surface area contributed by atoms with Crippen molar-refractivity contribution >= 4 is 14.1 Å². The second-order valence-corrected chi connectivity index (χ2v) is 14.9. The molecule has 2 rings (SSSR count). The van der Waals surface area contributed by atoms with Gasteiger partial charge in [0.25, 0.3) is 5.92 Å². The third-order valence-corrected chi connectivity index (χ3v) is 8.10. The maximum atomic E-state index is 14.9. The second-order valence-electron chi connectivity index (χ2n) is 10.5. The van der Waals surface area contributed by atoms with Crippen LogP contribution in [0.1, 0.15) is 72.6 Å². The molecule has 2 aliphatic rings. The lowest BCUT2D eigenvalue weighted by atomic mass is 9.62. The fraction of sp³-hybridized carbons (Fsp3) is 0.952. The van der Waals surface area contributed by atoms with Crippen LogP contribution in [-0.4, -0.2) is 25.6 Å². The van der Waals surface area contributed by atoms with Crippen LogP contribution in [0.3, 0.4) is 0 Å². The number of carbonyl (C=O) groups is 1. The smallest absolute Gasteiger partial charge is 0.274 e. The molecule has 2 nitrogen and oxygen atoms in total. The summed E-state index contributed by atoms with van der Waals surface area (Å²) in [4.78, 5) is 12.3. The first-order valence-electron chi connectivity index (χ1n) is 10.3. The average Bonchev–Trinajstić information content (AvgIpc) is 2.80. The fourth-order valence-electron chi connectivity index (χ4n) is 5.66. The Morgan fingerprint density at radius 1 is 1.27 bits per heavy atom. The summed E-state index contributed by atoms with van der Waals surface area (Å²) in [7, 11) is -2.04. The van der Waals surface area contributed by atoms with Crippen LogP contribution in [0.5, 0.6) is 0 Å². The van der Waals surface area contributed by atoms with Crippen molar-refractivity contribution < 1.29 is 18.0 Å². The van der Waals surface area contributed by atoms with Crippen LogP contribution in [0.2, 0.25) is 19.6 Å². The summed E-state index contributed by atoms with van der Waals surface area (Å²) in [5.41, 5.74) is -1.41. The molecule has 2 aliphatic carbocycles. The van der Waals surface area contributed by atoms with Gasteiger partial charge in [0.05, 0.1) is 0 Å². The normalized spacial score (nSPS) is 31.8. The van der Waals surface area contributed by atoms with Gasteiger partial charge in [-0.1, -0.05) is 13.8 Å². The van der Waals surface area contributed by atoms with Gasteiger partial charge in [0, 0.05) is 18.8 Å². The molecule has 26 heavy (non-hydrogen) atoms. The van der Waals surface area contributed by atoms with Crippen molar-refractivity contribution in [2.24, 2.45) is 23.2 Å². The molecule has 5 heteroatoms. The Hall–Kier alpha value is -0.293. The number of carbonyl (C=O) groups excluding carboxylic acids is 1. The zero-order valence-electron chi connectivity index (χ0n) is 17.8. The molecule has 152 valence electrons. The Morgan fingerprint density at radius 3 is 2.46 bits per heavy atom. The van der Waals surface area contributed by atoms with Crippen LogP contribution in [-0.2, 0) is 9.22 Å². The summed E-state index contributed by atoms with van der Waals surface area (Å²) >= 11 is 0. The van der Waals surface area contributed by atoms with Crippen LogP contribution in [0, 0.1) is 23.2 Å². The quantitative estimate of drug-likeness (QED) is 0.468. The van der Waals surface area contributed by atoms with Crippen LogP contribution in [0.4, 0.5) is 8.78 Å². The number of rotatable bonds is 7. The van der Waals surface area contributed by atoms with E-state index < -0.39 is 19.8 Å². The van der Waals surface area contributed by atoms with Gasteiger partial charge in [0.15, 0.2) is 8.32 Å². The maximum Gasteiger partial charge on any atom is 0.274 e. The number of fused-ring (bicyclic) bond motifs is 1. The van der Waals surface area contributed by atoms with Gasteiger partial charge in [-0.25, -0.2) is 8.78 Å². The van der Waals surface area contributed by atoms with E-state index in [-0.39, 0.29) is 23.7 Å². The van der Waals surface area contributed by atoms with E-state index in [2.05, 4.69) is 13.8 Å². The topological polar surface area (TPSA) is 26.3 Å². The van der Waals surface area contributed by atoms with E-state index in [0.29, 0.717) is 24.5 Å². The minimum Gasteiger partial charge on any atom is -0.407 e. The number of ketones is 1. The molecule has 0 N–H and O–H groups in total. The molecule has 4 atom stereocenters. The van der Waals surface area contributed by atoms with E-state index in [1.165, 1.54) is 13.8 Å². The van der Waals surface area contributed by atoms with Gasteiger partial charge in [-0.2, -0.15) is 0 Å². The lowest BCUT2D eigenvalue weighted by Crippen LogP contribution is -2.51. The first kappa shape index (κ1) is 22.0. The van der Waals surface area contributed by atoms with Crippen LogP contribution >= 0.6 is 0 Å². The maximum absolute atomic E-state index is 14.9. The van der Waals surface area contributed by atoms with Gasteiger partial charge in [0.1, 0.15) is 11.4 Å². The van der Waals surface area contributed by atoms with E-state index in [1.54, 1.807) is 0 Å². The molecule has 0 heterocycles. The molecule has 0 aromatic carbocycles. The highest BCUT2D eigenvalue weighted by atomic mass is 28.4. The molecular weight excluding hydrogens is 350 g/mol. The SMILES string of the molecule is CC(CCC(F)(F)C(C)(C)O[Si](C)(C)C)[C@H]1CC[C@H]2C(=O)CCC[C@]12C. The zero-order valence-corrected chi connectivity index (χ0v) is 18.8. The molecular formula is C21H38F2O2Si. The average molecular weight is 389 g/mol. The van der Waals surface area contributed by atoms with E-state index in [0.717, 1.165) is 25.7 Å². The highest BCUT2D eigenvalue weighted by Crippen LogP contribution is 2.57. The van der Waals surface area contributed by atoms with Gasteiger partial charge in [-0.3, -0.25) is 4.79 Å². The molecule has 0 amide bonds. The van der Waals surface area contributed by atoms with E-state index >= 15 is 0 Å².